The Morgan fingerprint density at radius 1 is 1.22 bits per heavy atom. The lowest BCUT2D eigenvalue weighted by Crippen LogP contribution is -2.48. The molecule has 124 valence electrons. The second-order valence-corrected chi connectivity index (χ2v) is 9.04. The summed E-state index contributed by atoms with van der Waals surface area (Å²) in [4.78, 5) is 4.59. The van der Waals surface area contributed by atoms with Crippen LogP contribution in [-0.2, 0) is 11.8 Å². The van der Waals surface area contributed by atoms with E-state index in [1.807, 2.05) is 0 Å². The largest absolute Gasteiger partial charge is 0.443 e. The first-order chi connectivity index (χ1) is 10.8. The van der Waals surface area contributed by atoms with Crippen LogP contribution in [0, 0.1) is 11.3 Å². The number of rotatable bonds is 1. The Balaban J connectivity index is 1.99. The second-order valence-electron chi connectivity index (χ2n) is 9.04. The van der Waals surface area contributed by atoms with Gasteiger partial charge in [-0.25, -0.2) is 4.98 Å². The van der Waals surface area contributed by atoms with Crippen LogP contribution in [0.5, 0.6) is 0 Å². The summed E-state index contributed by atoms with van der Waals surface area (Å²) in [6.07, 6.45) is 8.11. The van der Waals surface area contributed by atoms with Crippen LogP contribution < -0.4 is 0 Å². The fourth-order valence-electron chi connectivity index (χ4n) is 5.80. The number of aryl methyl sites for hydroxylation is 1. The lowest BCUT2D eigenvalue weighted by Gasteiger charge is -2.54. The first kappa shape index (κ1) is 15.2. The van der Waals surface area contributed by atoms with Crippen molar-refractivity contribution < 1.29 is 4.42 Å². The van der Waals surface area contributed by atoms with Gasteiger partial charge in [0.05, 0.1) is 0 Å². The van der Waals surface area contributed by atoms with E-state index < -0.39 is 0 Å². The van der Waals surface area contributed by atoms with Crippen LogP contribution >= 0.6 is 0 Å². The molecule has 0 unspecified atom stereocenters. The van der Waals surface area contributed by atoms with E-state index in [9.17, 15) is 0 Å². The minimum atomic E-state index is 0.239. The van der Waals surface area contributed by atoms with Gasteiger partial charge in [-0.1, -0.05) is 47.1 Å². The molecule has 0 bridgehead atoms. The van der Waals surface area contributed by atoms with Gasteiger partial charge in [0.2, 0.25) is 0 Å². The normalized spacial score (nSPS) is 29.6. The van der Waals surface area contributed by atoms with Crippen LogP contribution in [0.1, 0.15) is 82.9 Å². The van der Waals surface area contributed by atoms with Crippen LogP contribution in [0.3, 0.4) is 0 Å². The van der Waals surface area contributed by atoms with Crippen molar-refractivity contribution in [2.45, 2.75) is 78.1 Å². The van der Waals surface area contributed by atoms with E-state index in [1.165, 1.54) is 48.8 Å². The molecule has 1 fully saturated rings. The molecule has 1 saturated carbocycles. The number of nitrogens with zero attached hydrogens (tertiary/aromatic N) is 1. The first-order valence-electron chi connectivity index (χ1n) is 9.24. The van der Waals surface area contributed by atoms with Crippen molar-refractivity contribution in [1.82, 2.24) is 4.98 Å². The van der Waals surface area contributed by atoms with E-state index in [1.54, 1.807) is 6.39 Å². The monoisotopic (exact) mass is 311 g/mol. The van der Waals surface area contributed by atoms with Gasteiger partial charge in [0.25, 0.3) is 0 Å². The minimum Gasteiger partial charge on any atom is -0.443 e. The maximum atomic E-state index is 5.98. The van der Waals surface area contributed by atoms with Gasteiger partial charge in [-0.15, -0.1) is 0 Å². The predicted molar refractivity (Wildman–Crippen MR) is 94.9 cm³/mol. The first-order valence-corrected chi connectivity index (χ1v) is 9.24. The molecule has 2 aliphatic carbocycles. The van der Waals surface area contributed by atoms with Crippen LogP contribution in [0.25, 0.3) is 11.1 Å². The molecule has 2 aliphatic rings. The van der Waals surface area contributed by atoms with Gasteiger partial charge in [0, 0.05) is 5.56 Å². The van der Waals surface area contributed by atoms with Crippen molar-refractivity contribution in [2.75, 3.05) is 0 Å². The van der Waals surface area contributed by atoms with Crippen LogP contribution in [0.2, 0.25) is 0 Å². The molecule has 2 atom stereocenters. The summed E-state index contributed by atoms with van der Waals surface area (Å²) in [7, 11) is 0. The molecule has 1 heterocycles. The third kappa shape index (κ3) is 2.03. The molecule has 2 heteroatoms. The van der Waals surface area contributed by atoms with Gasteiger partial charge in [-0.3, -0.25) is 0 Å². The van der Waals surface area contributed by atoms with Crippen molar-refractivity contribution in [1.29, 1.82) is 0 Å². The second kappa shape index (κ2) is 4.84. The standard InChI is InChI=1S/C21H29NO/c1-13(2)15-11-14-7-8-16-20(3,4)9-6-10-21(16,5)17(14)19-18(15)22-12-23-19/h11-13,16H,6-10H2,1-5H3/t16-,21-/m0/s1. The number of hydrogen-bond donors (Lipinski definition) is 0. The summed E-state index contributed by atoms with van der Waals surface area (Å²) in [6.45, 7) is 12.0. The molecule has 1 aromatic heterocycles. The number of fused-ring (bicyclic) bond motifs is 5. The maximum Gasteiger partial charge on any atom is 0.182 e. The van der Waals surface area contributed by atoms with Crippen molar-refractivity contribution in [3.8, 4) is 0 Å². The fraction of sp³-hybridized carbons (Fsp3) is 0.667. The number of oxazole rings is 1. The average molecular weight is 311 g/mol. The molecular formula is C21H29NO. The maximum absolute atomic E-state index is 5.98. The van der Waals surface area contributed by atoms with Gasteiger partial charge in [-0.2, -0.15) is 0 Å². The Morgan fingerprint density at radius 3 is 2.74 bits per heavy atom. The van der Waals surface area contributed by atoms with E-state index in [0.29, 0.717) is 11.3 Å². The SMILES string of the molecule is CC(C)c1cc2c(c3ocnc13)[C@@]1(C)CCCC(C)(C)[C@@H]1CC2. The number of benzene rings is 1. The molecular weight excluding hydrogens is 282 g/mol. The average Bonchev–Trinajstić information content (AvgIpc) is 2.93. The van der Waals surface area contributed by atoms with E-state index in [2.05, 4.69) is 45.7 Å². The number of hydrogen-bond acceptors (Lipinski definition) is 2. The van der Waals surface area contributed by atoms with Crippen molar-refractivity contribution in [3.63, 3.8) is 0 Å². The van der Waals surface area contributed by atoms with E-state index in [0.717, 1.165) is 17.0 Å². The molecule has 0 saturated heterocycles. The molecule has 23 heavy (non-hydrogen) atoms. The van der Waals surface area contributed by atoms with Crippen molar-refractivity contribution in [2.24, 2.45) is 11.3 Å². The van der Waals surface area contributed by atoms with E-state index >= 15 is 0 Å². The predicted octanol–water partition coefficient (Wildman–Crippen LogP) is 5.98. The van der Waals surface area contributed by atoms with Gasteiger partial charge in [0.1, 0.15) is 5.52 Å². The van der Waals surface area contributed by atoms with Gasteiger partial charge in [-0.05, 0) is 59.5 Å². The quantitative estimate of drug-likeness (QED) is 0.647. The zero-order chi connectivity index (χ0) is 16.4. The smallest absolute Gasteiger partial charge is 0.182 e. The topological polar surface area (TPSA) is 26.0 Å². The van der Waals surface area contributed by atoms with Gasteiger partial charge >= 0.3 is 0 Å². The molecule has 2 aromatic rings. The zero-order valence-electron chi connectivity index (χ0n) is 15.2. The zero-order valence-corrected chi connectivity index (χ0v) is 15.2. The van der Waals surface area contributed by atoms with Gasteiger partial charge < -0.3 is 4.42 Å². The third-order valence-electron chi connectivity index (χ3n) is 6.84. The minimum absolute atomic E-state index is 0.239. The fourth-order valence-corrected chi connectivity index (χ4v) is 5.80. The summed E-state index contributed by atoms with van der Waals surface area (Å²) >= 11 is 0. The van der Waals surface area contributed by atoms with Crippen molar-refractivity contribution >= 4 is 11.1 Å². The lowest BCUT2D eigenvalue weighted by molar-refractivity contribution is 0.0411. The lowest BCUT2D eigenvalue weighted by atomic mass is 9.50. The highest BCUT2D eigenvalue weighted by atomic mass is 16.3. The van der Waals surface area contributed by atoms with Crippen molar-refractivity contribution in [3.05, 3.63) is 29.2 Å². The summed E-state index contributed by atoms with van der Waals surface area (Å²) in [5.74, 6) is 1.23. The molecule has 0 N–H and O–H groups in total. The highest BCUT2D eigenvalue weighted by Crippen LogP contribution is 2.58. The Hall–Kier alpha value is -1.31. The Labute approximate surface area is 139 Å². The molecule has 1 aromatic carbocycles. The van der Waals surface area contributed by atoms with Crippen LogP contribution in [-0.4, -0.2) is 4.98 Å². The van der Waals surface area contributed by atoms with Crippen LogP contribution in [0.15, 0.2) is 16.9 Å². The van der Waals surface area contributed by atoms with Crippen LogP contribution in [0.4, 0.5) is 0 Å². The Kier molecular flexibility index (Phi) is 3.21. The molecule has 2 nitrogen and oxygen atoms in total. The third-order valence-corrected chi connectivity index (χ3v) is 6.84. The van der Waals surface area contributed by atoms with E-state index in [4.69, 9.17) is 4.42 Å². The molecule has 4 rings (SSSR count). The summed E-state index contributed by atoms with van der Waals surface area (Å²) < 4.78 is 5.98. The highest BCUT2D eigenvalue weighted by molar-refractivity contribution is 5.83. The van der Waals surface area contributed by atoms with E-state index in [-0.39, 0.29) is 5.41 Å². The summed E-state index contributed by atoms with van der Waals surface area (Å²) in [5, 5.41) is 0. The molecule has 0 radical (unpaired) electrons. The summed E-state index contributed by atoms with van der Waals surface area (Å²) in [5.41, 5.74) is 7.20. The summed E-state index contributed by atoms with van der Waals surface area (Å²) in [6, 6.07) is 2.44. The Bertz CT molecular complexity index is 755. The number of aromatic nitrogens is 1. The van der Waals surface area contributed by atoms with Gasteiger partial charge in [0.15, 0.2) is 12.0 Å². The molecule has 0 aliphatic heterocycles. The molecule has 0 amide bonds. The molecule has 0 spiro atoms. The highest BCUT2D eigenvalue weighted by Gasteiger charge is 2.51. The Morgan fingerprint density at radius 2 is 2.00 bits per heavy atom.